The Hall–Kier alpha value is -0.510. The Balaban J connectivity index is 1.56. The van der Waals surface area contributed by atoms with Gasteiger partial charge in [-0.15, -0.1) is 0 Å². The fourth-order valence-electron chi connectivity index (χ4n) is 3.79. The molecule has 3 unspecified atom stereocenters. The van der Waals surface area contributed by atoms with E-state index in [1.807, 2.05) is 0 Å². The van der Waals surface area contributed by atoms with Crippen molar-refractivity contribution in [2.45, 2.75) is 37.4 Å². The average molecular weight is 288 g/mol. The molecule has 0 amide bonds. The molecule has 2 aliphatic heterocycles. The summed E-state index contributed by atoms with van der Waals surface area (Å²) in [6.07, 6.45) is 4.27. The van der Waals surface area contributed by atoms with E-state index in [0.29, 0.717) is 6.04 Å². The molecule has 0 spiro atoms. The highest BCUT2D eigenvalue weighted by molar-refractivity contribution is 7.99. The highest BCUT2D eigenvalue weighted by Gasteiger charge is 2.40. The molecule has 3 heteroatoms. The Morgan fingerprint density at radius 3 is 2.65 bits per heavy atom. The number of nitrogens with one attached hydrogen (secondary N) is 1. The number of thioether (sulfide) groups is 1. The van der Waals surface area contributed by atoms with Crippen molar-refractivity contribution in [3.05, 3.63) is 35.9 Å². The van der Waals surface area contributed by atoms with Gasteiger partial charge in [-0.2, -0.15) is 11.8 Å². The molecule has 3 fully saturated rings. The molecule has 20 heavy (non-hydrogen) atoms. The van der Waals surface area contributed by atoms with Gasteiger partial charge >= 0.3 is 0 Å². The van der Waals surface area contributed by atoms with E-state index in [4.69, 9.17) is 0 Å². The molecule has 2 heterocycles. The van der Waals surface area contributed by atoms with Crippen LogP contribution in [0, 0.1) is 5.92 Å². The van der Waals surface area contributed by atoms with Gasteiger partial charge in [-0.1, -0.05) is 30.3 Å². The quantitative estimate of drug-likeness (QED) is 0.920. The van der Waals surface area contributed by atoms with Gasteiger partial charge in [0, 0.05) is 37.0 Å². The lowest BCUT2D eigenvalue weighted by atomic mass is 9.97. The minimum Gasteiger partial charge on any atom is -0.311 e. The van der Waals surface area contributed by atoms with E-state index in [1.165, 1.54) is 42.9 Å². The fourth-order valence-corrected chi connectivity index (χ4v) is 5.02. The van der Waals surface area contributed by atoms with Gasteiger partial charge in [-0.25, -0.2) is 0 Å². The van der Waals surface area contributed by atoms with Crippen LogP contribution in [-0.4, -0.2) is 41.6 Å². The third-order valence-electron chi connectivity index (χ3n) is 5.13. The molecule has 3 aliphatic rings. The van der Waals surface area contributed by atoms with Crippen LogP contribution in [0.1, 0.15) is 30.9 Å². The van der Waals surface area contributed by atoms with E-state index in [0.717, 1.165) is 24.5 Å². The van der Waals surface area contributed by atoms with Crippen LogP contribution in [0.25, 0.3) is 0 Å². The Morgan fingerprint density at radius 2 is 1.95 bits per heavy atom. The monoisotopic (exact) mass is 288 g/mol. The molecule has 0 aromatic heterocycles. The first-order valence-corrected chi connectivity index (χ1v) is 9.19. The van der Waals surface area contributed by atoms with E-state index in [2.05, 4.69) is 52.3 Å². The maximum absolute atomic E-state index is 3.83. The van der Waals surface area contributed by atoms with Crippen molar-refractivity contribution in [1.29, 1.82) is 0 Å². The summed E-state index contributed by atoms with van der Waals surface area (Å²) in [5.41, 5.74) is 1.49. The second kappa shape index (κ2) is 5.70. The van der Waals surface area contributed by atoms with Crippen molar-refractivity contribution in [3.8, 4) is 0 Å². The number of hydrogen-bond acceptors (Lipinski definition) is 3. The lowest BCUT2D eigenvalue weighted by Gasteiger charge is -2.44. The standard InChI is InChI=1S/C17H24N2S/c1-2-4-14(5-3-1)17-10-18-16(13-6-7-13)11-19(17)15-8-9-20-12-15/h1-5,13,15-18H,6-12H2. The third-order valence-corrected chi connectivity index (χ3v) is 6.28. The van der Waals surface area contributed by atoms with E-state index in [9.17, 15) is 0 Å². The Bertz CT molecular complexity index is 440. The maximum atomic E-state index is 3.83. The van der Waals surface area contributed by atoms with Crippen LogP contribution in [0.3, 0.4) is 0 Å². The molecule has 0 radical (unpaired) electrons. The lowest BCUT2D eigenvalue weighted by Crippen LogP contribution is -2.56. The Labute approximate surface area is 126 Å². The first-order valence-electron chi connectivity index (χ1n) is 8.03. The smallest absolute Gasteiger partial charge is 0.0476 e. The molecule has 3 atom stereocenters. The van der Waals surface area contributed by atoms with Crippen molar-refractivity contribution < 1.29 is 0 Å². The fraction of sp³-hybridized carbons (Fsp3) is 0.647. The van der Waals surface area contributed by atoms with Crippen molar-refractivity contribution in [1.82, 2.24) is 10.2 Å². The molecule has 1 saturated carbocycles. The van der Waals surface area contributed by atoms with Crippen LogP contribution in [0.5, 0.6) is 0 Å². The van der Waals surface area contributed by atoms with Crippen LogP contribution in [-0.2, 0) is 0 Å². The number of piperazine rings is 1. The molecule has 2 nitrogen and oxygen atoms in total. The lowest BCUT2D eigenvalue weighted by molar-refractivity contribution is 0.0856. The summed E-state index contributed by atoms with van der Waals surface area (Å²) in [6, 6.07) is 13.2. The maximum Gasteiger partial charge on any atom is 0.0476 e. The first kappa shape index (κ1) is 13.2. The molecule has 1 aromatic rings. The minimum atomic E-state index is 0.579. The van der Waals surface area contributed by atoms with Gasteiger partial charge in [0.2, 0.25) is 0 Å². The zero-order chi connectivity index (χ0) is 13.4. The normalized spacial score (nSPS) is 35.3. The second-order valence-electron chi connectivity index (χ2n) is 6.49. The van der Waals surface area contributed by atoms with Crippen LogP contribution in [0.2, 0.25) is 0 Å². The van der Waals surface area contributed by atoms with Gasteiger partial charge in [0.15, 0.2) is 0 Å². The number of benzene rings is 1. The molecular weight excluding hydrogens is 264 g/mol. The topological polar surface area (TPSA) is 15.3 Å². The summed E-state index contributed by atoms with van der Waals surface area (Å²) in [5, 5.41) is 3.83. The predicted molar refractivity (Wildman–Crippen MR) is 86.1 cm³/mol. The highest BCUT2D eigenvalue weighted by Crippen LogP contribution is 2.38. The zero-order valence-corrected chi connectivity index (χ0v) is 12.8. The number of hydrogen-bond donors (Lipinski definition) is 1. The predicted octanol–water partition coefficient (Wildman–Crippen LogP) is 2.92. The number of nitrogens with zero attached hydrogens (tertiary/aromatic N) is 1. The zero-order valence-electron chi connectivity index (χ0n) is 12.0. The summed E-state index contributed by atoms with van der Waals surface area (Å²) in [5.74, 6) is 3.65. The molecular formula is C17H24N2S. The molecule has 1 aromatic carbocycles. The second-order valence-corrected chi connectivity index (χ2v) is 7.64. The molecule has 108 valence electrons. The van der Waals surface area contributed by atoms with E-state index < -0.39 is 0 Å². The Kier molecular flexibility index (Phi) is 3.76. The molecule has 2 saturated heterocycles. The summed E-state index contributed by atoms with van der Waals surface area (Å²) in [4.78, 5) is 2.83. The number of rotatable bonds is 3. The van der Waals surface area contributed by atoms with Crippen molar-refractivity contribution in [3.63, 3.8) is 0 Å². The van der Waals surface area contributed by atoms with E-state index >= 15 is 0 Å². The van der Waals surface area contributed by atoms with Crippen LogP contribution in [0.4, 0.5) is 0 Å². The van der Waals surface area contributed by atoms with E-state index in [-0.39, 0.29) is 0 Å². The largest absolute Gasteiger partial charge is 0.311 e. The Morgan fingerprint density at radius 1 is 1.10 bits per heavy atom. The molecule has 1 aliphatic carbocycles. The van der Waals surface area contributed by atoms with Gasteiger partial charge in [-0.3, -0.25) is 4.90 Å². The van der Waals surface area contributed by atoms with Gasteiger partial charge in [-0.05, 0) is 36.5 Å². The van der Waals surface area contributed by atoms with Gasteiger partial charge in [0.25, 0.3) is 0 Å². The summed E-state index contributed by atoms with van der Waals surface area (Å²) in [6.45, 7) is 2.39. The van der Waals surface area contributed by atoms with Crippen molar-refractivity contribution in [2.24, 2.45) is 5.92 Å². The van der Waals surface area contributed by atoms with Crippen LogP contribution < -0.4 is 5.32 Å². The van der Waals surface area contributed by atoms with Gasteiger partial charge < -0.3 is 5.32 Å². The third kappa shape index (κ3) is 2.63. The summed E-state index contributed by atoms with van der Waals surface area (Å²) < 4.78 is 0. The molecule has 1 N–H and O–H groups in total. The summed E-state index contributed by atoms with van der Waals surface area (Å²) in [7, 11) is 0. The van der Waals surface area contributed by atoms with Crippen molar-refractivity contribution >= 4 is 11.8 Å². The van der Waals surface area contributed by atoms with Gasteiger partial charge in [0.05, 0.1) is 0 Å². The van der Waals surface area contributed by atoms with E-state index in [1.54, 1.807) is 0 Å². The first-order chi connectivity index (χ1) is 9.92. The van der Waals surface area contributed by atoms with Crippen molar-refractivity contribution in [2.75, 3.05) is 24.6 Å². The van der Waals surface area contributed by atoms with Crippen LogP contribution in [0.15, 0.2) is 30.3 Å². The molecule has 0 bridgehead atoms. The highest BCUT2D eigenvalue weighted by atomic mass is 32.2. The van der Waals surface area contributed by atoms with Crippen LogP contribution >= 0.6 is 11.8 Å². The van der Waals surface area contributed by atoms with Gasteiger partial charge in [0.1, 0.15) is 0 Å². The average Bonchev–Trinajstić information content (AvgIpc) is 3.22. The SMILES string of the molecule is c1ccc(C2CNC(C3CC3)CN2C2CCSC2)cc1. The summed E-state index contributed by atoms with van der Waals surface area (Å²) >= 11 is 2.14. The minimum absolute atomic E-state index is 0.579. The molecule has 4 rings (SSSR count).